The number of hydrogen-bond donors (Lipinski definition) is 1. The highest BCUT2D eigenvalue weighted by atomic mass is 79.9. The first-order chi connectivity index (χ1) is 8.15. The number of aryl methyl sites for hydroxylation is 1. The largest absolute Gasteiger partial charge is 0.457 e. The minimum Gasteiger partial charge on any atom is -0.457 e. The van der Waals surface area contributed by atoms with Crippen molar-refractivity contribution in [3.05, 3.63) is 38.9 Å². The molecule has 1 unspecified atom stereocenters. The van der Waals surface area contributed by atoms with Crippen LogP contribution in [0.1, 0.15) is 30.6 Å². The van der Waals surface area contributed by atoms with Crippen LogP contribution in [0, 0.1) is 0 Å². The van der Waals surface area contributed by atoms with Crippen LogP contribution in [0.4, 0.5) is 0 Å². The van der Waals surface area contributed by atoms with E-state index in [9.17, 15) is 0 Å². The summed E-state index contributed by atoms with van der Waals surface area (Å²) < 4.78 is 8.73. The highest BCUT2D eigenvalue weighted by molar-refractivity contribution is 9.10. The van der Waals surface area contributed by atoms with Gasteiger partial charge in [0.1, 0.15) is 0 Å². The van der Waals surface area contributed by atoms with Gasteiger partial charge < -0.3 is 10.2 Å². The van der Waals surface area contributed by atoms with Gasteiger partial charge in [0, 0.05) is 12.1 Å². The summed E-state index contributed by atoms with van der Waals surface area (Å²) in [6.45, 7) is 2.96. The second-order valence-electron chi connectivity index (χ2n) is 3.73. The predicted octanol–water partition coefficient (Wildman–Crippen LogP) is 3.46. The van der Waals surface area contributed by atoms with Crippen LogP contribution in [0.15, 0.2) is 32.1 Å². The maximum atomic E-state index is 6.26. The van der Waals surface area contributed by atoms with Crippen molar-refractivity contribution in [2.45, 2.75) is 25.9 Å². The number of hydrogen-bond acceptors (Lipinski definition) is 3. The van der Waals surface area contributed by atoms with Crippen molar-refractivity contribution in [1.29, 1.82) is 0 Å². The minimum absolute atomic E-state index is 0.258. The van der Waals surface area contributed by atoms with Crippen molar-refractivity contribution in [3.8, 4) is 0 Å². The SMILES string of the molecule is CCCn1ncc(Br)c1C(N)c1ccoc1Br. The van der Waals surface area contributed by atoms with E-state index in [-0.39, 0.29) is 6.04 Å². The lowest BCUT2D eigenvalue weighted by Crippen LogP contribution is -2.18. The predicted molar refractivity (Wildman–Crippen MR) is 72.7 cm³/mol. The van der Waals surface area contributed by atoms with Crippen LogP contribution in [0.25, 0.3) is 0 Å². The quantitative estimate of drug-likeness (QED) is 0.905. The van der Waals surface area contributed by atoms with Gasteiger partial charge in [0.05, 0.1) is 28.7 Å². The van der Waals surface area contributed by atoms with Crippen LogP contribution < -0.4 is 5.73 Å². The first kappa shape index (κ1) is 12.9. The molecule has 92 valence electrons. The highest BCUT2D eigenvalue weighted by Crippen LogP contribution is 2.31. The summed E-state index contributed by atoms with van der Waals surface area (Å²) in [6, 6.07) is 1.61. The molecule has 0 aromatic carbocycles. The molecule has 0 aliphatic carbocycles. The summed E-state index contributed by atoms with van der Waals surface area (Å²) in [7, 11) is 0. The Morgan fingerprint density at radius 1 is 1.53 bits per heavy atom. The van der Waals surface area contributed by atoms with Crippen molar-refractivity contribution in [2.24, 2.45) is 5.73 Å². The van der Waals surface area contributed by atoms with Gasteiger partial charge in [-0.2, -0.15) is 5.10 Å². The Bertz CT molecular complexity index is 507. The normalized spacial score (nSPS) is 12.9. The molecule has 2 aromatic rings. The average molecular weight is 363 g/mol. The van der Waals surface area contributed by atoms with E-state index in [2.05, 4.69) is 43.9 Å². The van der Waals surface area contributed by atoms with Crippen molar-refractivity contribution in [3.63, 3.8) is 0 Å². The molecule has 4 nitrogen and oxygen atoms in total. The number of aromatic nitrogens is 2. The smallest absolute Gasteiger partial charge is 0.174 e. The third kappa shape index (κ3) is 2.48. The zero-order valence-corrected chi connectivity index (χ0v) is 12.5. The molecule has 0 bridgehead atoms. The molecule has 0 fully saturated rings. The minimum atomic E-state index is -0.258. The Labute approximate surface area is 116 Å². The molecule has 0 radical (unpaired) electrons. The first-order valence-electron chi connectivity index (χ1n) is 5.34. The number of halogens is 2. The maximum absolute atomic E-state index is 6.26. The van der Waals surface area contributed by atoms with Crippen LogP contribution in [-0.2, 0) is 6.54 Å². The maximum Gasteiger partial charge on any atom is 0.174 e. The van der Waals surface area contributed by atoms with E-state index in [1.165, 1.54) is 0 Å². The molecule has 6 heteroatoms. The molecular formula is C11H13Br2N3O. The molecule has 1 atom stereocenters. The van der Waals surface area contributed by atoms with E-state index in [0.29, 0.717) is 4.67 Å². The lowest BCUT2D eigenvalue weighted by molar-refractivity contribution is 0.527. The van der Waals surface area contributed by atoms with Crippen molar-refractivity contribution in [1.82, 2.24) is 9.78 Å². The molecular weight excluding hydrogens is 350 g/mol. The Morgan fingerprint density at radius 3 is 2.88 bits per heavy atom. The number of furan rings is 1. The lowest BCUT2D eigenvalue weighted by Gasteiger charge is -2.13. The molecule has 2 heterocycles. The molecule has 0 amide bonds. The van der Waals surface area contributed by atoms with Crippen LogP contribution in [0.2, 0.25) is 0 Å². The highest BCUT2D eigenvalue weighted by Gasteiger charge is 2.21. The van der Waals surface area contributed by atoms with Crippen LogP contribution in [-0.4, -0.2) is 9.78 Å². The van der Waals surface area contributed by atoms with Gasteiger partial charge in [0.15, 0.2) is 4.67 Å². The standard InChI is InChI=1S/C11H13Br2N3O/c1-2-4-16-10(8(12)6-15-16)9(14)7-3-5-17-11(7)13/h3,5-6,9H,2,4,14H2,1H3. The summed E-state index contributed by atoms with van der Waals surface area (Å²) in [5, 5.41) is 4.31. The molecule has 0 saturated heterocycles. The van der Waals surface area contributed by atoms with Crippen LogP contribution in [0.5, 0.6) is 0 Å². The summed E-state index contributed by atoms with van der Waals surface area (Å²) in [6.07, 6.45) is 4.41. The average Bonchev–Trinajstić information content (AvgIpc) is 2.86. The molecule has 17 heavy (non-hydrogen) atoms. The van der Waals surface area contributed by atoms with Crippen molar-refractivity contribution in [2.75, 3.05) is 0 Å². The number of nitrogens with zero attached hydrogens (tertiary/aromatic N) is 2. The van der Waals surface area contributed by atoms with Gasteiger partial charge in [0.25, 0.3) is 0 Å². The van der Waals surface area contributed by atoms with E-state index >= 15 is 0 Å². The van der Waals surface area contributed by atoms with E-state index in [0.717, 1.165) is 28.7 Å². The molecule has 2 N–H and O–H groups in total. The second-order valence-corrected chi connectivity index (χ2v) is 5.30. The zero-order chi connectivity index (χ0) is 12.4. The zero-order valence-electron chi connectivity index (χ0n) is 9.36. The van der Waals surface area contributed by atoms with Gasteiger partial charge in [-0.05, 0) is 44.3 Å². The van der Waals surface area contributed by atoms with Gasteiger partial charge in [0.2, 0.25) is 0 Å². The fourth-order valence-electron chi connectivity index (χ4n) is 1.74. The van der Waals surface area contributed by atoms with Crippen LogP contribution >= 0.6 is 31.9 Å². The molecule has 0 aliphatic rings. The molecule has 0 saturated carbocycles. The summed E-state index contributed by atoms with van der Waals surface area (Å²) >= 11 is 6.84. The molecule has 2 rings (SSSR count). The Balaban J connectivity index is 2.39. The lowest BCUT2D eigenvalue weighted by atomic mass is 10.1. The monoisotopic (exact) mass is 361 g/mol. The summed E-state index contributed by atoms with van der Waals surface area (Å²) in [5.41, 5.74) is 8.14. The summed E-state index contributed by atoms with van der Waals surface area (Å²) in [5.74, 6) is 0. The second kappa shape index (κ2) is 5.37. The van der Waals surface area contributed by atoms with Crippen LogP contribution in [0.3, 0.4) is 0 Å². The topological polar surface area (TPSA) is 57.0 Å². The van der Waals surface area contributed by atoms with E-state index < -0.39 is 0 Å². The van der Waals surface area contributed by atoms with Gasteiger partial charge in [-0.3, -0.25) is 4.68 Å². The first-order valence-corrected chi connectivity index (χ1v) is 6.93. The van der Waals surface area contributed by atoms with Crippen molar-refractivity contribution >= 4 is 31.9 Å². The molecule has 0 spiro atoms. The Hall–Kier alpha value is -0.590. The fraction of sp³-hybridized carbons (Fsp3) is 0.364. The number of rotatable bonds is 4. The molecule has 0 aliphatic heterocycles. The van der Waals surface area contributed by atoms with Gasteiger partial charge in [-0.25, -0.2) is 0 Å². The number of nitrogens with two attached hydrogens (primary N) is 1. The summed E-state index contributed by atoms with van der Waals surface area (Å²) in [4.78, 5) is 0. The van der Waals surface area contributed by atoms with Gasteiger partial charge >= 0.3 is 0 Å². The van der Waals surface area contributed by atoms with E-state index in [1.807, 2.05) is 10.7 Å². The Kier molecular flexibility index (Phi) is 4.06. The Morgan fingerprint density at radius 2 is 2.29 bits per heavy atom. The van der Waals surface area contributed by atoms with E-state index in [4.69, 9.17) is 10.2 Å². The third-order valence-electron chi connectivity index (χ3n) is 2.54. The van der Waals surface area contributed by atoms with Gasteiger partial charge in [-0.1, -0.05) is 6.92 Å². The van der Waals surface area contributed by atoms with E-state index in [1.54, 1.807) is 12.5 Å². The van der Waals surface area contributed by atoms with Crippen molar-refractivity contribution < 1.29 is 4.42 Å². The van der Waals surface area contributed by atoms with Gasteiger partial charge in [-0.15, -0.1) is 0 Å². The fourth-order valence-corrected chi connectivity index (χ4v) is 2.77. The molecule has 2 aromatic heterocycles. The third-order valence-corrected chi connectivity index (χ3v) is 3.80.